The van der Waals surface area contributed by atoms with Crippen LogP contribution in [0.25, 0.3) is 77.2 Å². The molecule has 0 amide bonds. The Bertz CT molecular complexity index is 3950. The lowest BCUT2D eigenvalue weighted by atomic mass is 9.63. The van der Waals surface area contributed by atoms with Gasteiger partial charge in [-0.2, -0.15) is 0 Å². The summed E-state index contributed by atoms with van der Waals surface area (Å²) in [7, 11) is -2.86. The zero-order chi connectivity index (χ0) is 47.9. The van der Waals surface area contributed by atoms with Gasteiger partial charge in [-0.05, 0) is 132 Å². The smallest absolute Gasteiger partial charge is 0.179 e. The van der Waals surface area contributed by atoms with Crippen LogP contribution in [-0.2, 0) is 10.8 Å². The highest BCUT2D eigenvalue weighted by atomic mass is 28.3. The first kappa shape index (κ1) is 43.1. The molecule has 0 saturated carbocycles. The second-order valence-corrected chi connectivity index (χ2v) is 25.0. The predicted molar refractivity (Wildman–Crippen MR) is 305 cm³/mol. The highest BCUT2D eigenvalue weighted by molar-refractivity contribution is 7.20. The highest BCUT2D eigenvalue weighted by Gasteiger charge is 2.44. The molecule has 0 saturated heterocycles. The number of nitrogens with zero attached hydrogens (tertiary/aromatic N) is 2. The molecule has 1 aliphatic carbocycles. The van der Waals surface area contributed by atoms with Gasteiger partial charge in [0.1, 0.15) is 0 Å². The third-order valence-corrected chi connectivity index (χ3v) is 20.9. The van der Waals surface area contributed by atoms with Crippen LogP contribution in [0.1, 0.15) is 51.7 Å². The van der Waals surface area contributed by atoms with Gasteiger partial charge in [0.05, 0.1) is 22.1 Å². The van der Waals surface area contributed by atoms with E-state index < -0.39 is 8.07 Å². The lowest BCUT2D eigenvalue weighted by Gasteiger charge is -2.43. The molecule has 0 unspecified atom stereocenters. The van der Waals surface area contributed by atoms with Crippen molar-refractivity contribution in [2.24, 2.45) is 0 Å². The van der Waals surface area contributed by atoms with Crippen LogP contribution in [0.15, 0.2) is 243 Å². The van der Waals surface area contributed by atoms with Crippen LogP contribution in [0, 0.1) is 0 Å². The Labute approximate surface area is 418 Å². The van der Waals surface area contributed by atoms with Crippen molar-refractivity contribution in [3.8, 4) is 33.6 Å². The van der Waals surface area contributed by atoms with Gasteiger partial charge in [0, 0.05) is 32.9 Å². The maximum Gasteiger partial charge on any atom is 0.179 e. The number of hydrogen-bond donors (Lipinski definition) is 0. The van der Waals surface area contributed by atoms with E-state index in [1.807, 2.05) is 0 Å². The second kappa shape index (κ2) is 16.6. The van der Waals surface area contributed by atoms with Gasteiger partial charge >= 0.3 is 0 Å². The SMILES string of the molecule is CC1(C)CCC(C)(C)c2cc([Si](c3ccccc3)(c3ccccc3)c3cccc(-c4ccc5c(c4)c4ccccc4n5-c4ccc5c(c4)c4ccccc4n5-c4cccc(-c5ccccc5)c4)c3)ccc21. The molecule has 71 heavy (non-hydrogen) atoms. The molecule has 0 atom stereocenters. The normalized spacial score (nSPS) is 14.3. The molecular formula is C68H56N2Si. The van der Waals surface area contributed by atoms with Crippen molar-refractivity contribution in [3.63, 3.8) is 0 Å². The highest BCUT2D eigenvalue weighted by Crippen LogP contribution is 2.46. The fourth-order valence-corrected chi connectivity index (χ4v) is 17.2. The lowest BCUT2D eigenvalue weighted by molar-refractivity contribution is 0.332. The molecule has 0 radical (unpaired) electrons. The molecule has 2 aromatic heterocycles. The van der Waals surface area contributed by atoms with E-state index in [0.29, 0.717) is 0 Å². The molecule has 12 aromatic rings. The van der Waals surface area contributed by atoms with E-state index in [2.05, 4.69) is 279 Å². The minimum Gasteiger partial charge on any atom is -0.309 e. The zero-order valence-corrected chi connectivity index (χ0v) is 41.9. The third kappa shape index (κ3) is 6.89. The number of hydrogen-bond acceptors (Lipinski definition) is 0. The number of rotatable bonds is 8. The Balaban J connectivity index is 0.970. The summed E-state index contributed by atoms with van der Waals surface area (Å²) in [4.78, 5) is 0. The summed E-state index contributed by atoms with van der Waals surface area (Å²) in [6, 6.07) is 91.5. The van der Waals surface area contributed by atoms with Crippen LogP contribution in [0.3, 0.4) is 0 Å². The van der Waals surface area contributed by atoms with Crippen molar-refractivity contribution in [2.75, 3.05) is 0 Å². The fraction of sp³-hybridized carbons (Fsp3) is 0.118. The number of aromatic nitrogens is 2. The van der Waals surface area contributed by atoms with Crippen molar-refractivity contribution in [1.82, 2.24) is 9.13 Å². The fourth-order valence-electron chi connectivity index (χ4n) is 12.4. The van der Waals surface area contributed by atoms with Crippen LogP contribution in [-0.4, -0.2) is 17.2 Å². The molecule has 0 fully saturated rings. The van der Waals surface area contributed by atoms with E-state index in [1.54, 1.807) is 0 Å². The number of para-hydroxylation sites is 2. The Morgan fingerprint density at radius 3 is 1.39 bits per heavy atom. The van der Waals surface area contributed by atoms with Gasteiger partial charge in [-0.25, -0.2) is 0 Å². The van der Waals surface area contributed by atoms with Gasteiger partial charge in [0.15, 0.2) is 8.07 Å². The van der Waals surface area contributed by atoms with Gasteiger partial charge in [-0.15, -0.1) is 0 Å². The van der Waals surface area contributed by atoms with E-state index in [0.717, 1.165) is 11.4 Å². The molecular weight excluding hydrogens is 873 g/mol. The minimum atomic E-state index is -2.86. The first-order chi connectivity index (χ1) is 34.7. The van der Waals surface area contributed by atoms with E-state index in [9.17, 15) is 0 Å². The van der Waals surface area contributed by atoms with Crippen molar-refractivity contribution in [3.05, 3.63) is 254 Å². The number of fused-ring (bicyclic) bond motifs is 7. The zero-order valence-electron chi connectivity index (χ0n) is 40.9. The molecule has 1 aliphatic rings. The molecule has 13 rings (SSSR count). The summed E-state index contributed by atoms with van der Waals surface area (Å²) in [5.41, 5.74) is 15.2. The lowest BCUT2D eigenvalue weighted by Crippen LogP contribution is -2.75. The minimum absolute atomic E-state index is 0.0881. The molecule has 342 valence electrons. The second-order valence-electron chi connectivity index (χ2n) is 21.1. The quantitative estimate of drug-likeness (QED) is 0.106. The summed E-state index contributed by atoms with van der Waals surface area (Å²) in [6.07, 6.45) is 2.38. The topological polar surface area (TPSA) is 9.86 Å². The average molecular weight is 929 g/mol. The van der Waals surface area contributed by atoms with Crippen molar-refractivity contribution in [2.45, 2.75) is 51.4 Å². The van der Waals surface area contributed by atoms with Crippen LogP contribution in [0.5, 0.6) is 0 Å². The predicted octanol–water partition coefficient (Wildman–Crippen LogP) is 14.9. The average Bonchev–Trinajstić information content (AvgIpc) is 3.93. The van der Waals surface area contributed by atoms with Crippen molar-refractivity contribution >= 4 is 72.4 Å². The van der Waals surface area contributed by atoms with Crippen LogP contribution in [0.2, 0.25) is 0 Å². The van der Waals surface area contributed by atoms with E-state index in [1.165, 1.54) is 111 Å². The maximum atomic E-state index is 2.63. The Kier molecular flexibility index (Phi) is 10.1. The van der Waals surface area contributed by atoms with Crippen molar-refractivity contribution < 1.29 is 0 Å². The first-order valence-corrected chi connectivity index (χ1v) is 27.3. The largest absolute Gasteiger partial charge is 0.309 e. The van der Waals surface area contributed by atoms with E-state index in [-0.39, 0.29) is 10.8 Å². The Morgan fingerprint density at radius 2 is 0.746 bits per heavy atom. The van der Waals surface area contributed by atoms with E-state index in [4.69, 9.17) is 0 Å². The molecule has 0 N–H and O–H groups in total. The van der Waals surface area contributed by atoms with E-state index >= 15 is 0 Å². The standard InChI is InChI=1S/C68H56N2Si/c1-67(2)40-41-68(3,4)62-46-56(36-37-61(62)67)71(53-25-10-6-11-26-53,54-27-12-7-13-28-54)55-29-19-23-49(43-55)50-34-38-65-59(44-50)57-30-14-16-32-63(57)70(65)52-35-39-66-60(45-52)58-31-15-17-33-64(58)69(66)51-24-18-22-48(42-51)47-20-8-5-9-21-47/h5-39,42-46H,40-41H2,1-4H3. The molecule has 3 heteroatoms. The third-order valence-electron chi connectivity index (χ3n) is 16.1. The molecule has 2 heterocycles. The molecule has 0 aliphatic heterocycles. The first-order valence-electron chi connectivity index (χ1n) is 25.3. The van der Waals surface area contributed by atoms with Crippen molar-refractivity contribution in [1.29, 1.82) is 0 Å². The molecule has 0 spiro atoms. The van der Waals surface area contributed by atoms with Gasteiger partial charge in [-0.1, -0.05) is 216 Å². The monoisotopic (exact) mass is 928 g/mol. The molecule has 0 bridgehead atoms. The summed E-state index contributed by atoms with van der Waals surface area (Å²) in [6.45, 7) is 9.78. The molecule has 2 nitrogen and oxygen atoms in total. The van der Waals surface area contributed by atoms with Gasteiger partial charge in [0.25, 0.3) is 0 Å². The Morgan fingerprint density at radius 1 is 0.296 bits per heavy atom. The van der Waals surface area contributed by atoms with Gasteiger partial charge in [-0.3, -0.25) is 0 Å². The summed E-state index contributed by atoms with van der Waals surface area (Å²) in [5, 5.41) is 10.6. The molecule has 10 aromatic carbocycles. The summed E-state index contributed by atoms with van der Waals surface area (Å²) >= 11 is 0. The summed E-state index contributed by atoms with van der Waals surface area (Å²) < 4.78 is 4.89. The number of benzene rings is 10. The van der Waals surface area contributed by atoms with Gasteiger partial charge < -0.3 is 9.13 Å². The maximum absolute atomic E-state index is 2.86. The van der Waals surface area contributed by atoms with Crippen LogP contribution in [0.4, 0.5) is 0 Å². The van der Waals surface area contributed by atoms with Crippen LogP contribution >= 0.6 is 0 Å². The van der Waals surface area contributed by atoms with Crippen LogP contribution < -0.4 is 20.7 Å². The summed E-state index contributed by atoms with van der Waals surface area (Å²) in [5.74, 6) is 0. The Hall–Kier alpha value is -7.98. The van der Waals surface area contributed by atoms with Gasteiger partial charge in [0.2, 0.25) is 0 Å².